The number of hydrogen-bond acceptors (Lipinski definition) is 3. The third-order valence-corrected chi connectivity index (χ3v) is 2.90. The summed E-state index contributed by atoms with van der Waals surface area (Å²) in [6.07, 6.45) is 0. The molecule has 0 aliphatic rings. The fourth-order valence-corrected chi connectivity index (χ4v) is 1.63. The van der Waals surface area contributed by atoms with Gasteiger partial charge < -0.3 is 10.5 Å². The summed E-state index contributed by atoms with van der Waals surface area (Å²) >= 11 is 5.54. The van der Waals surface area contributed by atoms with Crippen LogP contribution in [0.25, 0.3) is 0 Å². The SMILES string of the molecule is Nc1ccc(C(=O)OCc2ccc(Cl)c(F)c2)cc1F. The lowest BCUT2D eigenvalue weighted by molar-refractivity contribution is 0.0472. The van der Waals surface area contributed by atoms with Crippen molar-refractivity contribution in [1.82, 2.24) is 0 Å². The number of halogens is 3. The summed E-state index contributed by atoms with van der Waals surface area (Å²) in [6.45, 7) is -0.140. The highest BCUT2D eigenvalue weighted by molar-refractivity contribution is 6.30. The minimum atomic E-state index is -0.723. The van der Waals surface area contributed by atoms with Gasteiger partial charge in [0.25, 0.3) is 0 Å². The molecule has 0 unspecified atom stereocenters. The molecule has 2 aromatic rings. The molecule has 0 aliphatic heterocycles. The lowest BCUT2D eigenvalue weighted by Gasteiger charge is -2.06. The van der Waals surface area contributed by atoms with Gasteiger partial charge in [0.1, 0.15) is 18.2 Å². The standard InChI is InChI=1S/C14H10ClF2NO2/c15-10-3-1-8(5-11(10)16)7-20-14(19)9-2-4-13(18)12(17)6-9/h1-6H,7,18H2. The van der Waals surface area contributed by atoms with Crippen molar-refractivity contribution < 1.29 is 18.3 Å². The van der Waals surface area contributed by atoms with Crippen LogP contribution in [0.2, 0.25) is 5.02 Å². The molecule has 0 aromatic heterocycles. The number of rotatable bonds is 3. The third-order valence-electron chi connectivity index (χ3n) is 2.59. The van der Waals surface area contributed by atoms with Gasteiger partial charge in [-0.3, -0.25) is 0 Å². The lowest BCUT2D eigenvalue weighted by Crippen LogP contribution is -2.06. The van der Waals surface area contributed by atoms with Gasteiger partial charge in [0.2, 0.25) is 0 Å². The Bertz CT molecular complexity index is 662. The van der Waals surface area contributed by atoms with Crippen molar-refractivity contribution in [1.29, 1.82) is 0 Å². The van der Waals surface area contributed by atoms with Crippen molar-refractivity contribution in [3.8, 4) is 0 Å². The van der Waals surface area contributed by atoms with Gasteiger partial charge in [0, 0.05) is 0 Å². The summed E-state index contributed by atoms with van der Waals surface area (Å²) in [4.78, 5) is 11.7. The fraction of sp³-hybridized carbons (Fsp3) is 0.0714. The zero-order valence-corrected chi connectivity index (χ0v) is 11.0. The van der Waals surface area contributed by atoms with Gasteiger partial charge in [-0.05, 0) is 35.9 Å². The monoisotopic (exact) mass is 297 g/mol. The minimum absolute atomic E-state index is 0.0133. The second kappa shape index (κ2) is 5.88. The number of ether oxygens (including phenoxy) is 1. The van der Waals surface area contributed by atoms with E-state index in [1.165, 1.54) is 30.3 Å². The quantitative estimate of drug-likeness (QED) is 0.696. The van der Waals surface area contributed by atoms with E-state index in [4.69, 9.17) is 22.1 Å². The molecule has 104 valence electrons. The summed E-state index contributed by atoms with van der Waals surface area (Å²) in [5.74, 6) is -2.02. The maximum Gasteiger partial charge on any atom is 0.338 e. The van der Waals surface area contributed by atoms with E-state index in [1.54, 1.807) is 0 Å². The Balaban J connectivity index is 2.04. The average molecular weight is 298 g/mol. The number of esters is 1. The van der Waals surface area contributed by atoms with Gasteiger partial charge in [0.05, 0.1) is 16.3 Å². The van der Waals surface area contributed by atoms with Gasteiger partial charge in [-0.2, -0.15) is 0 Å². The Morgan fingerprint density at radius 2 is 1.90 bits per heavy atom. The van der Waals surface area contributed by atoms with Crippen LogP contribution in [0.3, 0.4) is 0 Å². The number of nitrogens with two attached hydrogens (primary N) is 1. The summed E-state index contributed by atoms with van der Waals surface area (Å²) in [5, 5.41) is -0.0133. The van der Waals surface area contributed by atoms with Crippen molar-refractivity contribution in [2.24, 2.45) is 0 Å². The molecule has 0 fully saturated rings. The van der Waals surface area contributed by atoms with Crippen LogP contribution in [-0.2, 0) is 11.3 Å². The predicted molar refractivity (Wildman–Crippen MR) is 71.3 cm³/mol. The zero-order chi connectivity index (χ0) is 14.7. The highest BCUT2D eigenvalue weighted by Crippen LogP contribution is 2.17. The van der Waals surface area contributed by atoms with Crippen LogP contribution in [-0.4, -0.2) is 5.97 Å². The molecule has 2 N–H and O–H groups in total. The molecule has 0 heterocycles. The van der Waals surface area contributed by atoms with Gasteiger partial charge in [-0.25, -0.2) is 13.6 Å². The van der Waals surface area contributed by atoms with Crippen LogP contribution < -0.4 is 5.73 Å². The van der Waals surface area contributed by atoms with Gasteiger partial charge >= 0.3 is 5.97 Å². The molecule has 3 nitrogen and oxygen atoms in total. The second-order valence-electron chi connectivity index (χ2n) is 4.06. The third kappa shape index (κ3) is 3.24. The zero-order valence-electron chi connectivity index (χ0n) is 10.2. The first-order valence-electron chi connectivity index (χ1n) is 5.63. The first-order valence-corrected chi connectivity index (χ1v) is 6.01. The minimum Gasteiger partial charge on any atom is -0.457 e. The molecule has 20 heavy (non-hydrogen) atoms. The number of carbonyl (C=O) groups is 1. The number of hydrogen-bond donors (Lipinski definition) is 1. The molecule has 2 aromatic carbocycles. The topological polar surface area (TPSA) is 52.3 Å². The smallest absolute Gasteiger partial charge is 0.338 e. The summed E-state index contributed by atoms with van der Waals surface area (Å²) in [7, 11) is 0. The summed E-state index contributed by atoms with van der Waals surface area (Å²) in [5.41, 5.74) is 5.72. The number of carbonyl (C=O) groups excluding carboxylic acids is 1. The van der Waals surface area contributed by atoms with E-state index in [0.29, 0.717) is 5.56 Å². The molecule has 6 heteroatoms. The van der Waals surface area contributed by atoms with E-state index in [0.717, 1.165) is 6.07 Å². The van der Waals surface area contributed by atoms with Crippen LogP contribution in [0.15, 0.2) is 36.4 Å². The maximum absolute atomic E-state index is 13.2. The second-order valence-corrected chi connectivity index (χ2v) is 4.47. The Morgan fingerprint density at radius 1 is 1.15 bits per heavy atom. The van der Waals surface area contributed by atoms with Crippen LogP contribution in [0.4, 0.5) is 14.5 Å². The largest absolute Gasteiger partial charge is 0.457 e. The molecule has 0 amide bonds. The van der Waals surface area contributed by atoms with Crippen molar-refractivity contribution in [2.45, 2.75) is 6.61 Å². The van der Waals surface area contributed by atoms with Gasteiger partial charge in [-0.15, -0.1) is 0 Å². The van der Waals surface area contributed by atoms with Crippen LogP contribution in [0.1, 0.15) is 15.9 Å². The Kier molecular flexibility index (Phi) is 4.20. The van der Waals surface area contributed by atoms with E-state index >= 15 is 0 Å². The number of anilines is 1. The van der Waals surface area contributed by atoms with Crippen molar-refractivity contribution >= 4 is 23.3 Å². The molecule has 2 rings (SSSR count). The lowest BCUT2D eigenvalue weighted by atomic mass is 10.2. The first-order chi connectivity index (χ1) is 9.47. The predicted octanol–water partition coefficient (Wildman–Crippen LogP) is 3.56. The van der Waals surface area contributed by atoms with Gasteiger partial charge in [-0.1, -0.05) is 17.7 Å². The first kappa shape index (κ1) is 14.3. The molecule has 0 saturated carbocycles. The van der Waals surface area contributed by atoms with E-state index in [9.17, 15) is 13.6 Å². The molecule has 0 bridgehead atoms. The fourth-order valence-electron chi connectivity index (χ4n) is 1.52. The van der Waals surface area contributed by atoms with Crippen LogP contribution in [0.5, 0.6) is 0 Å². The summed E-state index contributed by atoms with van der Waals surface area (Å²) in [6, 6.07) is 7.67. The molecule has 0 atom stereocenters. The van der Waals surface area contributed by atoms with E-state index in [2.05, 4.69) is 0 Å². The maximum atomic E-state index is 13.2. The van der Waals surface area contributed by atoms with E-state index < -0.39 is 17.6 Å². The molecule has 0 spiro atoms. The highest BCUT2D eigenvalue weighted by Gasteiger charge is 2.10. The molecule has 0 aliphatic carbocycles. The van der Waals surface area contributed by atoms with Crippen LogP contribution in [0, 0.1) is 11.6 Å². The Hall–Kier alpha value is -2.14. The summed E-state index contributed by atoms with van der Waals surface area (Å²) < 4.78 is 31.3. The molecule has 0 radical (unpaired) electrons. The molecular formula is C14H10ClF2NO2. The van der Waals surface area contributed by atoms with E-state index in [-0.39, 0.29) is 22.9 Å². The average Bonchev–Trinajstić information content (AvgIpc) is 2.43. The van der Waals surface area contributed by atoms with Crippen molar-refractivity contribution in [3.05, 3.63) is 64.2 Å². The van der Waals surface area contributed by atoms with Crippen molar-refractivity contribution in [3.63, 3.8) is 0 Å². The number of nitrogen functional groups attached to an aromatic ring is 1. The Labute approximate surface area is 118 Å². The van der Waals surface area contributed by atoms with Crippen LogP contribution >= 0.6 is 11.6 Å². The Morgan fingerprint density at radius 3 is 2.55 bits per heavy atom. The molecule has 0 saturated heterocycles. The highest BCUT2D eigenvalue weighted by atomic mass is 35.5. The normalized spacial score (nSPS) is 10.3. The van der Waals surface area contributed by atoms with E-state index in [1.807, 2.05) is 0 Å². The number of benzene rings is 2. The van der Waals surface area contributed by atoms with Crippen molar-refractivity contribution in [2.75, 3.05) is 5.73 Å². The molecular weight excluding hydrogens is 288 g/mol. The van der Waals surface area contributed by atoms with Gasteiger partial charge in [0.15, 0.2) is 0 Å².